The van der Waals surface area contributed by atoms with Gasteiger partial charge in [0.2, 0.25) is 0 Å². The van der Waals surface area contributed by atoms with Crippen molar-refractivity contribution in [3.63, 3.8) is 0 Å². The van der Waals surface area contributed by atoms with Gasteiger partial charge in [-0.3, -0.25) is 4.79 Å². The van der Waals surface area contributed by atoms with Gasteiger partial charge in [0.15, 0.2) is 17.3 Å². The number of carbonyl (C=O) groups is 1. The molecule has 0 atom stereocenters. The van der Waals surface area contributed by atoms with Crippen molar-refractivity contribution in [2.24, 2.45) is 0 Å². The van der Waals surface area contributed by atoms with E-state index in [9.17, 15) is 4.79 Å². The number of carbonyl (C=O) groups excluding carboxylic acids is 1. The lowest BCUT2D eigenvalue weighted by molar-refractivity contribution is 0.102. The summed E-state index contributed by atoms with van der Waals surface area (Å²) in [4.78, 5) is 13.0. The first-order valence-corrected chi connectivity index (χ1v) is 8.32. The van der Waals surface area contributed by atoms with Crippen molar-refractivity contribution in [2.45, 2.75) is 12.8 Å². The zero-order valence-electron chi connectivity index (χ0n) is 15.4. The van der Waals surface area contributed by atoms with Crippen LogP contribution in [0, 0.1) is 0 Å². The smallest absolute Gasteiger partial charge is 0.189 e. The van der Waals surface area contributed by atoms with Crippen LogP contribution in [-0.4, -0.2) is 34.2 Å². The molecule has 1 aliphatic rings. The Kier molecular flexibility index (Phi) is 5.16. The van der Waals surface area contributed by atoms with E-state index in [4.69, 9.17) is 18.9 Å². The molecule has 2 aromatic rings. The molecule has 0 heterocycles. The average molecular weight is 354 g/mol. The normalized spacial score (nSPS) is 14.8. The third-order valence-corrected chi connectivity index (χ3v) is 4.52. The van der Waals surface area contributed by atoms with Crippen molar-refractivity contribution in [3.8, 4) is 23.0 Å². The molecule has 0 aromatic heterocycles. The van der Waals surface area contributed by atoms with Gasteiger partial charge in [-0.1, -0.05) is 0 Å². The Morgan fingerprint density at radius 2 is 1.38 bits per heavy atom. The molecule has 136 valence electrons. The SMILES string of the molecule is COc1cc(C=C2CCc3cc(OC)c(OC)cc3C2=O)cc(OC)c1. The molecular weight excluding hydrogens is 332 g/mol. The Balaban J connectivity index is 2.00. The summed E-state index contributed by atoms with van der Waals surface area (Å²) in [7, 11) is 6.37. The number of allylic oxidation sites excluding steroid dienone is 1. The summed E-state index contributed by atoms with van der Waals surface area (Å²) in [5.74, 6) is 2.58. The van der Waals surface area contributed by atoms with Crippen LogP contribution in [0.5, 0.6) is 23.0 Å². The summed E-state index contributed by atoms with van der Waals surface area (Å²) in [6, 6.07) is 9.21. The van der Waals surface area contributed by atoms with Gasteiger partial charge < -0.3 is 18.9 Å². The number of hydrogen-bond donors (Lipinski definition) is 0. The topological polar surface area (TPSA) is 54.0 Å². The summed E-state index contributed by atoms with van der Waals surface area (Å²) in [6.07, 6.45) is 3.34. The summed E-state index contributed by atoms with van der Waals surface area (Å²) in [5.41, 5.74) is 3.26. The van der Waals surface area contributed by atoms with E-state index >= 15 is 0 Å². The van der Waals surface area contributed by atoms with Crippen LogP contribution in [0.4, 0.5) is 0 Å². The number of methoxy groups -OCH3 is 4. The van der Waals surface area contributed by atoms with Gasteiger partial charge in [0.05, 0.1) is 28.4 Å². The molecule has 5 heteroatoms. The fourth-order valence-corrected chi connectivity index (χ4v) is 3.15. The molecule has 1 aliphatic carbocycles. The zero-order chi connectivity index (χ0) is 18.7. The summed E-state index contributed by atoms with van der Waals surface area (Å²) < 4.78 is 21.3. The molecule has 0 fully saturated rings. The third-order valence-electron chi connectivity index (χ3n) is 4.52. The number of fused-ring (bicyclic) bond motifs is 1. The molecular formula is C21H22O5. The van der Waals surface area contributed by atoms with Crippen molar-refractivity contribution in [2.75, 3.05) is 28.4 Å². The predicted molar refractivity (Wildman–Crippen MR) is 99.7 cm³/mol. The maximum Gasteiger partial charge on any atom is 0.189 e. The maximum atomic E-state index is 13.0. The highest BCUT2D eigenvalue weighted by Gasteiger charge is 2.24. The van der Waals surface area contributed by atoms with Crippen LogP contribution >= 0.6 is 0 Å². The molecule has 0 amide bonds. The van der Waals surface area contributed by atoms with Crippen molar-refractivity contribution in [3.05, 3.63) is 52.6 Å². The monoisotopic (exact) mass is 354 g/mol. The first kappa shape index (κ1) is 17.9. The largest absolute Gasteiger partial charge is 0.497 e. The van der Waals surface area contributed by atoms with Gasteiger partial charge in [-0.05, 0) is 54.3 Å². The molecule has 0 N–H and O–H groups in total. The number of aryl methyl sites for hydroxylation is 1. The van der Waals surface area contributed by atoms with Gasteiger partial charge in [-0.2, -0.15) is 0 Å². The first-order chi connectivity index (χ1) is 12.6. The summed E-state index contributed by atoms with van der Waals surface area (Å²) in [6.45, 7) is 0. The van der Waals surface area contributed by atoms with E-state index in [0.29, 0.717) is 35.0 Å². The quantitative estimate of drug-likeness (QED) is 0.762. The number of ether oxygens (including phenoxy) is 4. The number of ketones is 1. The first-order valence-electron chi connectivity index (χ1n) is 8.32. The minimum absolute atomic E-state index is 0.00832. The van der Waals surface area contributed by atoms with E-state index in [2.05, 4.69) is 0 Å². The van der Waals surface area contributed by atoms with Gasteiger partial charge in [-0.25, -0.2) is 0 Å². The van der Waals surface area contributed by atoms with E-state index in [-0.39, 0.29) is 5.78 Å². The van der Waals surface area contributed by atoms with Crippen LogP contribution < -0.4 is 18.9 Å². The van der Waals surface area contributed by atoms with Gasteiger partial charge in [0.25, 0.3) is 0 Å². The second kappa shape index (κ2) is 7.52. The fourth-order valence-electron chi connectivity index (χ4n) is 3.15. The molecule has 0 saturated heterocycles. The number of benzene rings is 2. The molecule has 0 spiro atoms. The molecule has 5 nitrogen and oxygen atoms in total. The molecule has 0 aliphatic heterocycles. The van der Waals surface area contributed by atoms with Gasteiger partial charge in [-0.15, -0.1) is 0 Å². The van der Waals surface area contributed by atoms with Crippen molar-refractivity contribution < 1.29 is 23.7 Å². The lowest BCUT2D eigenvalue weighted by Gasteiger charge is -2.20. The molecule has 0 saturated carbocycles. The summed E-state index contributed by atoms with van der Waals surface area (Å²) in [5, 5.41) is 0. The molecule has 0 bridgehead atoms. The lowest BCUT2D eigenvalue weighted by Crippen LogP contribution is -2.14. The van der Waals surface area contributed by atoms with E-state index < -0.39 is 0 Å². The fraction of sp³-hybridized carbons (Fsp3) is 0.286. The Labute approximate surface area is 153 Å². The zero-order valence-corrected chi connectivity index (χ0v) is 15.4. The standard InChI is InChI=1S/C21H22O5/c1-23-16-8-13(9-17(11-16)24-2)7-15-6-5-14-10-19(25-3)20(26-4)12-18(14)21(15)22/h7-12H,5-6H2,1-4H3. The van der Waals surface area contributed by atoms with Crippen LogP contribution in [0.2, 0.25) is 0 Å². The predicted octanol–water partition coefficient (Wildman–Crippen LogP) is 3.93. The average Bonchev–Trinajstić information content (AvgIpc) is 2.68. The molecule has 2 aromatic carbocycles. The van der Waals surface area contributed by atoms with Crippen LogP contribution in [0.1, 0.15) is 27.9 Å². The minimum atomic E-state index is 0.00832. The van der Waals surface area contributed by atoms with E-state index in [1.54, 1.807) is 40.6 Å². The highest BCUT2D eigenvalue weighted by atomic mass is 16.5. The second-order valence-corrected chi connectivity index (χ2v) is 6.01. The molecule has 26 heavy (non-hydrogen) atoms. The van der Waals surface area contributed by atoms with Gasteiger partial charge in [0, 0.05) is 17.2 Å². The highest BCUT2D eigenvalue weighted by molar-refractivity contribution is 6.13. The lowest BCUT2D eigenvalue weighted by atomic mass is 9.85. The molecule has 0 unspecified atom stereocenters. The minimum Gasteiger partial charge on any atom is -0.497 e. The Morgan fingerprint density at radius 1 is 0.769 bits per heavy atom. The van der Waals surface area contributed by atoms with Crippen LogP contribution in [0.3, 0.4) is 0 Å². The van der Waals surface area contributed by atoms with Crippen molar-refractivity contribution >= 4 is 11.9 Å². The maximum absolute atomic E-state index is 13.0. The summed E-state index contributed by atoms with van der Waals surface area (Å²) >= 11 is 0. The van der Waals surface area contributed by atoms with Crippen molar-refractivity contribution in [1.29, 1.82) is 0 Å². The van der Waals surface area contributed by atoms with Crippen molar-refractivity contribution in [1.82, 2.24) is 0 Å². The van der Waals surface area contributed by atoms with Gasteiger partial charge >= 0.3 is 0 Å². The van der Waals surface area contributed by atoms with E-state index in [1.807, 2.05) is 24.3 Å². The number of rotatable bonds is 5. The van der Waals surface area contributed by atoms with E-state index in [0.717, 1.165) is 23.1 Å². The number of hydrogen-bond acceptors (Lipinski definition) is 5. The van der Waals surface area contributed by atoms with Crippen LogP contribution in [-0.2, 0) is 6.42 Å². The van der Waals surface area contributed by atoms with Crippen LogP contribution in [0.25, 0.3) is 6.08 Å². The Bertz CT molecular complexity index is 845. The number of Topliss-reactive ketones (excluding diaryl/α,β-unsaturated/α-hetero) is 1. The highest BCUT2D eigenvalue weighted by Crippen LogP contribution is 2.36. The third kappa shape index (κ3) is 3.38. The Hall–Kier alpha value is -2.95. The van der Waals surface area contributed by atoms with Crippen LogP contribution in [0.15, 0.2) is 35.9 Å². The molecule has 0 radical (unpaired) electrons. The van der Waals surface area contributed by atoms with Gasteiger partial charge in [0.1, 0.15) is 11.5 Å². The van der Waals surface area contributed by atoms with E-state index in [1.165, 1.54) is 0 Å². The molecule has 3 rings (SSSR count). The Morgan fingerprint density at radius 3 is 1.96 bits per heavy atom. The second-order valence-electron chi connectivity index (χ2n) is 6.01.